The van der Waals surface area contributed by atoms with Gasteiger partial charge in [-0.1, -0.05) is 17.8 Å². The SMILES string of the molecule is O=C1C2CCCCC2=NN1c1nc2cccnc2s1. The lowest BCUT2D eigenvalue weighted by molar-refractivity contribution is -0.120. The molecule has 0 radical (unpaired) electrons. The number of amides is 1. The van der Waals surface area contributed by atoms with E-state index in [-0.39, 0.29) is 11.8 Å². The Hall–Kier alpha value is -1.82. The van der Waals surface area contributed by atoms with Gasteiger partial charge in [-0.2, -0.15) is 10.1 Å². The molecule has 1 unspecified atom stereocenters. The molecule has 0 saturated heterocycles. The second-order valence-electron chi connectivity index (χ2n) is 4.86. The molecule has 4 rings (SSSR count). The van der Waals surface area contributed by atoms with Crippen LogP contribution >= 0.6 is 11.3 Å². The van der Waals surface area contributed by atoms with Gasteiger partial charge in [0.05, 0.1) is 11.6 Å². The van der Waals surface area contributed by atoms with Crippen molar-refractivity contribution in [3.05, 3.63) is 18.3 Å². The summed E-state index contributed by atoms with van der Waals surface area (Å²) in [6.45, 7) is 0. The van der Waals surface area contributed by atoms with Crippen LogP contribution in [-0.2, 0) is 4.79 Å². The Kier molecular flexibility index (Phi) is 2.38. The lowest BCUT2D eigenvalue weighted by atomic mass is 9.87. The molecule has 2 aliphatic rings. The van der Waals surface area contributed by atoms with Crippen LogP contribution in [0.25, 0.3) is 10.3 Å². The zero-order chi connectivity index (χ0) is 12.8. The average Bonchev–Trinajstić information content (AvgIpc) is 3.00. The van der Waals surface area contributed by atoms with Crippen molar-refractivity contribution in [2.45, 2.75) is 25.7 Å². The molecule has 5 nitrogen and oxygen atoms in total. The maximum Gasteiger partial charge on any atom is 0.258 e. The Morgan fingerprint density at radius 1 is 1.37 bits per heavy atom. The van der Waals surface area contributed by atoms with Crippen LogP contribution in [0.4, 0.5) is 5.13 Å². The number of hydrogen-bond acceptors (Lipinski definition) is 5. The van der Waals surface area contributed by atoms with Gasteiger partial charge < -0.3 is 0 Å². The van der Waals surface area contributed by atoms with Crippen LogP contribution in [0.15, 0.2) is 23.4 Å². The minimum Gasteiger partial charge on any atom is -0.272 e. The van der Waals surface area contributed by atoms with Crippen molar-refractivity contribution in [2.24, 2.45) is 11.0 Å². The molecule has 0 bridgehead atoms. The highest BCUT2D eigenvalue weighted by Gasteiger charge is 2.38. The number of anilines is 1. The molecule has 1 aliphatic heterocycles. The van der Waals surface area contributed by atoms with Gasteiger partial charge in [-0.3, -0.25) is 4.79 Å². The molecule has 1 amide bonds. The van der Waals surface area contributed by atoms with Gasteiger partial charge in [-0.05, 0) is 31.4 Å². The first-order chi connectivity index (χ1) is 9.33. The zero-order valence-corrected chi connectivity index (χ0v) is 11.1. The average molecular weight is 272 g/mol. The van der Waals surface area contributed by atoms with Crippen molar-refractivity contribution in [1.82, 2.24) is 9.97 Å². The van der Waals surface area contributed by atoms with Gasteiger partial charge in [0, 0.05) is 6.20 Å². The van der Waals surface area contributed by atoms with E-state index in [4.69, 9.17) is 0 Å². The lowest BCUT2D eigenvalue weighted by Crippen LogP contribution is -2.28. The molecule has 0 aromatic carbocycles. The van der Waals surface area contributed by atoms with Gasteiger partial charge in [0.2, 0.25) is 5.13 Å². The van der Waals surface area contributed by atoms with Crippen molar-refractivity contribution < 1.29 is 4.79 Å². The molecular weight excluding hydrogens is 260 g/mol. The van der Waals surface area contributed by atoms with Crippen LogP contribution in [0.5, 0.6) is 0 Å². The van der Waals surface area contributed by atoms with Crippen molar-refractivity contribution in [3.63, 3.8) is 0 Å². The van der Waals surface area contributed by atoms with Crippen molar-refractivity contribution in [1.29, 1.82) is 0 Å². The van der Waals surface area contributed by atoms with E-state index in [0.29, 0.717) is 5.13 Å². The summed E-state index contributed by atoms with van der Waals surface area (Å²) in [5.74, 6) is 0.0717. The predicted octanol–water partition coefficient (Wildman–Crippen LogP) is 2.58. The summed E-state index contributed by atoms with van der Waals surface area (Å²) < 4.78 is 0. The summed E-state index contributed by atoms with van der Waals surface area (Å²) in [5.41, 5.74) is 1.86. The van der Waals surface area contributed by atoms with Crippen molar-refractivity contribution in [3.8, 4) is 0 Å². The summed E-state index contributed by atoms with van der Waals surface area (Å²) in [6.07, 6.45) is 5.86. The number of carbonyl (C=O) groups excluding carboxylic acids is 1. The molecule has 1 fully saturated rings. The number of fused-ring (bicyclic) bond motifs is 2. The topological polar surface area (TPSA) is 58.5 Å². The van der Waals surface area contributed by atoms with Gasteiger partial charge in [0.15, 0.2) is 0 Å². The molecule has 2 aromatic heterocycles. The van der Waals surface area contributed by atoms with E-state index in [1.54, 1.807) is 6.20 Å². The highest BCUT2D eigenvalue weighted by Crippen LogP contribution is 2.35. The lowest BCUT2D eigenvalue weighted by Gasteiger charge is -2.15. The van der Waals surface area contributed by atoms with E-state index in [1.807, 2.05) is 12.1 Å². The highest BCUT2D eigenvalue weighted by atomic mass is 32.1. The van der Waals surface area contributed by atoms with E-state index < -0.39 is 0 Å². The highest BCUT2D eigenvalue weighted by molar-refractivity contribution is 7.22. The minimum absolute atomic E-state index is 0.00581. The molecule has 1 aliphatic carbocycles. The fraction of sp³-hybridized carbons (Fsp3) is 0.385. The Morgan fingerprint density at radius 2 is 2.32 bits per heavy atom. The van der Waals surface area contributed by atoms with Gasteiger partial charge in [0.25, 0.3) is 5.91 Å². The Bertz CT molecular complexity index is 660. The maximum atomic E-state index is 12.4. The monoisotopic (exact) mass is 272 g/mol. The third kappa shape index (κ3) is 1.67. The van der Waals surface area contributed by atoms with Crippen LogP contribution < -0.4 is 5.01 Å². The first kappa shape index (κ1) is 11.0. The Balaban J connectivity index is 1.76. The number of pyridine rings is 1. The first-order valence-electron chi connectivity index (χ1n) is 6.46. The molecule has 1 atom stereocenters. The maximum absolute atomic E-state index is 12.4. The van der Waals surface area contributed by atoms with Crippen molar-refractivity contribution >= 4 is 38.4 Å². The second kappa shape index (κ2) is 4.09. The molecule has 6 heteroatoms. The molecular formula is C13H12N4OS. The van der Waals surface area contributed by atoms with E-state index >= 15 is 0 Å². The molecule has 3 heterocycles. The fourth-order valence-corrected chi connectivity index (χ4v) is 3.56. The van der Waals surface area contributed by atoms with E-state index in [0.717, 1.165) is 41.7 Å². The van der Waals surface area contributed by atoms with Crippen LogP contribution in [0.2, 0.25) is 0 Å². The van der Waals surface area contributed by atoms with Crippen LogP contribution in [-0.4, -0.2) is 21.6 Å². The largest absolute Gasteiger partial charge is 0.272 e. The molecule has 96 valence electrons. The molecule has 2 aromatic rings. The third-order valence-electron chi connectivity index (χ3n) is 3.65. The summed E-state index contributed by atoms with van der Waals surface area (Å²) in [7, 11) is 0. The molecule has 0 N–H and O–H groups in total. The number of carbonyl (C=O) groups is 1. The van der Waals surface area contributed by atoms with Gasteiger partial charge in [-0.15, -0.1) is 0 Å². The molecule has 1 saturated carbocycles. The third-order valence-corrected chi connectivity index (χ3v) is 4.60. The second-order valence-corrected chi connectivity index (χ2v) is 5.82. The van der Waals surface area contributed by atoms with Gasteiger partial charge in [0.1, 0.15) is 10.3 Å². The smallest absolute Gasteiger partial charge is 0.258 e. The number of rotatable bonds is 1. The van der Waals surface area contributed by atoms with E-state index in [9.17, 15) is 4.79 Å². The van der Waals surface area contributed by atoms with Gasteiger partial charge in [-0.25, -0.2) is 9.97 Å². The fourth-order valence-electron chi connectivity index (χ4n) is 2.69. The normalized spacial score (nSPS) is 22.7. The summed E-state index contributed by atoms with van der Waals surface area (Å²) in [5, 5.41) is 6.60. The first-order valence-corrected chi connectivity index (χ1v) is 7.27. The quantitative estimate of drug-likeness (QED) is 0.801. The summed E-state index contributed by atoms with van der Waals surface area (Å²) in [6, 6.07) is 3.76. The van der Waals surface area contributed by atoms with Crippen LogP contribution in [0.3, 0.4) is 0 Å². The molecule has 0 spiro atoms. The molecule has 19 heavy (non-hydrogen) atoms. The number of hydrogen-bond donors (Lipinski definition) is 0. The summed E-state index contributed by atoms with van der Waals surface area (Å²) in [4.78, 5) is 21.9. The standard InChI is InChI=1S/C13H12N4OS/c18-12-8-4-1-2-5-9(8)16-17(12)13-15-10-6-3-7-14-11(10)19-13/h3,6-8H,1-2,4-5H2. The van der Waals surface area contributed by atoms with Crippen LogP contribution in [0.1, 0.15) is 25.7 Å². The summed E-state index contributed by atoms with van der Waals surface area (Å²) >= 11 is 1.42. The number of aromatic nitrogens is 2. The Labute approximate surface area is 114 Å². The van der Waals surface area contributed by atoms with Crippen molar-refractivity contribution in [2.75, 3.05) is 5.01 Å². The van der Waals surface area contributed by atoms with Crippen LogP contribution in [0, 0.1) is 5.92 Å². The number of thiazole rings is 1. The Morgan fingerprint density at radius 3 is 3.16 bits per heavy atom. The van der Waals surface area contributed by atoms with E-state index in [2.05, 4.69) is 15.1 Å². The van der Waals surface area contributed by atoms with Gasteiger partial charge >= 0.3 is 0 Å². The number of nitrogens with zero attached hydrogens (tertiary/aromatic N) is 4. The zero-order valence-electron chi connectivity index (χ0n) is 10.2. The number of hydrazone groups is 1. The van der Waals surface area contributed by atoms with E-state index in [1.165, 1.54) is 16.3 Å². The predicted molar refractivity (Wildman–Crippen MR) is 74.3 cm³/mol. The minimum atomic E-state index is -0.00581.